The molecule has 23 heavy (non-hydrogen) atoms. The highest BCUT2D eigenvalue weighted by Gasteiger charge is 2.11. The van der Waals surface area contributed by atoms with Gasteiger partial charge in [0.15, 0.2) is 11.7 Å². The number of aryl methyl sites for hydroxylation is 1. The van der Waals surface area contributed by atoms with Crippen LogP contribution in [0.3, 0.4) is 0 Å². The molecule has 1 amide bonds. The Balaban J connectivity index is 0.00000484. The number of aliphatic imine (C=N–C) groups is 1. The van der Waals surface area contributed by atoms with Gasteiger partial charge in [0.05, 0.1) is 6.26 Å². The Hall–Kier alpha value is -1.25. The molecule has 1 heterocycles. The fourth-order valence-corrected chi connectivity index (χ4v) is 1.80. The maximum Gasteiger partial charge on any atom is 0.287 e. The number of carbonyl (C=O) groups is 1. The number of nitrogens with zero attached hydrogens (tertiary/aromatic N) is 1. The van der Waals surface area contributed by atoms with E-state index in [1.54, 1.807) is 6.07 Å². The number of amides is 1. The van der Waals surface area contributed by atoms with Crippen molar-refractivity contribution in [1.82, 2.24) is 16.0 Å². The Bertz CT molecular complexity index is 486. The van der Waals surface area contributed by atoms with E-state index in [9.17, 15) is 4.79 Å². The quantitative estimate of drug-likeness (QED) is 0.253. The predicted octanol–water partition coefficient (Wildman–Crippen LogP) is 2.54. The topological polar surface area (TPSA) is 78.7 Å². The molecule has 6 nitrogen and oxygen atoms in total. The van der Waals surface area contributed by atoms with Gasteiger partial charge in [-0.15, -0.1) is 24.0 Å². The van der Waals surface area contributed by atoms with E-state index in [0.717, 1.165) is 37.6 Å². The zero-order chi connectivity index (χ0) is 16.4. The van der Waals surface area contributed by atoms with Gasteiger partial charge in [0, 0.05) is 31.7 Å². The second kappa shape index (κ2) is 12.2. The smallest absolute Gasteiger partial charge is 0.287 e. The molecule has 0 fully saturated rings. The molecule has 0 bridgehead atoms. The Kier molecular flexibility index (Phi) is 11.5. The van der Waals surface area contributed by atoms with Crippen LogP contribution in [0, 0.1) is 12.8 Å². The van der Waals surface area contributed by atoms with Gasteiger partial charge >= 0.3 is 0 Å². The second-order valence-electron chi connectivity index (χ2n) is 5.58. The van der Waals surface area contributed by atoms with E-state index in [0.29, 0.717) is 18.2 Å². The normalized spacial score (nSPS) is 11.1. The third-order valence-corrected chi connectivity index (χ3v) is 2.96. The zero-order valence-corrected chi connectivity index (χ0v) is 16.8. The molecular weight excluding hydrogens is 407 g/mol. The molecule has 0 aliphatic rings. The van der Waals surface area contributed by atoms with Gasteiger partial charge in [-0.05, 0) is 32.3 Å². The van der Waals surface area contributed by atoms with E-state index in [-0.39, 0.29) is 29.9 Å². The summed E-state index contributed by atoms with van der Waals surface area (Å²) in [6.07, 6.45) is 2.34. The van der Waals surface area contributed by atoms with Crippen molar-refractivity contribution in [2.75, 3.05) is 26.2 Å². The highest BCUT2D eigenvalue weighted by molar-refractivity contribution is 14.0. The standard InChI is InChI=1S/C16H28N4O2.HI/c1-5-17-16(20-11-12(2)3)19-9-6-8-18-15(21)14-13(4)7-10-22-14;/h7,10,12H,5-6,8-9,11H2,1-4H3,(H,18,21)(H2,17,19,20);1H. The molecule has 0 spiro atoms. The van der Waals surface area contributed by atoms with Crippen LogP contribution in [0.5, 0.6) is 0 Å². The summed E-state index contributed by atoms with van der Waals surface area (Å²) in [6.45, 7) is 11.1. The van der Waals surface area contributed by atoms with E-state index >= 15 is 0 Å². The molecule has 0 saturated carbocycles. The van der Waals surface area contributed by atoms with Crippen LogP contribution >= 0.6 is 24.0 Å². The monoisotopic (exact) mass is 436 g/mol. The molecule has 132 valence electrons. The van der Waals surface area contributed by atoms with Crippen molar-refractivity contribution in [2.45, 2.75) is 34.1 Å². The van der Waals surface area contributed by atoms with E-state index in [4.69, 9.17) is 4.42 Å². The number of furan rings is 1. The maximum atomic E-state index is 11.8. The minimum absolute atomic E-state index is 0. The average molecular weight is 436 g/mol. The third-order valence-electron chi connectivity index (χ3n) is 2.96. The van der Waals surface area contributed by atoms with Gasteiger partial charge in [0.2, 0.25) is 0 Å². The lowest BCUT2D eigenvalue weighted by molar-refractivity contribution is 0.0925. The molecule has 0 atom stereocenters. The van der Waals surface area contributed by atoms with Crippen molar-refractivity contribution in [3.05, 3.63) is 23.7 Å². The van der Waals surface area contributed by atoms with Crippen molar-refractivity contribution in [1.29, 1.82) is 0 Å². The summed E-state index contributed by atoms with van der Waals surface area (Å²) in [5.41, 5.74) is 0.853. The molecule has 7 heteroatoms. The Morgan fingerprint density at radius 2 is 1.96 bits per heavy atom. The van der Waals surface area contributed by atoms with Crippen LogP contribution in [0.2, 0.25) is 0 Å². The molecule has 0 radical (unpaired) electrons. The molecule has 0 unspecified atom stereocenters. The summed E-state index contributed by atoms with van der Waals surface area (Å²) in [5.74, 6) is 1.58. The van der Waals surface area contributed by atoms with Gasteiger partial charge in [-0.3, -0.25) is 9.79 Å². The summed E-state index contributed by atoms with van der Waals surface area (Å²) in [7, 11) is 0. The van der Waals surface area contributed by atoms with Crippen LogP contribution in [-0.4, -0.2) is 38.0 Å². The molecule has 1 aromatic rings. The first kappa shape index (κ1) is 21.8. The number of carbonyl (C=O) groups excluding carboxylic acids is 1. The van der Waals surface area contributed by atoms with Crippen LogP contribution < -0.4 is 16.0 Å². The van der Waals surface area contributed by atoms with Gasteiger partial charge in [0.1, 0.15) is 0 Å². The number of hydrogen-bond donors (Lipinski definition) is 3. The lowest BCUT2D eigenvalue weighted by Gasteiger charge is -2.12. The molecule has 1 aromatic heterocycles. The van der Waals surface area contributed by atoms with E-state index in [1.165, 1.54) is 6.26 Å². The van der Waals surface area contributed by atoms with Crippen LogP contribution in [0.15, 0.2) is 21.7 Å². The van der Waals surface area contributed by atoms with Crippen LogP contribution in [-0.2, 0) is 0 Å². The van der Waals surface area contributed by atoms with E-state index in [2.05, 4.69) is 34.8 Å². The lowest BCUT2D eigenvalue weighted by Crippen LogP contribution is -2.39. The molecule has 3 N–H and O–H groups in total. The first-order valence-corrected chi connectivity index (χ1v) is 7.89. The second-order valence-corrected chi connectivity index (χ2v) is 5.58. The molecule has 1 rings (SSSR count). The van der Waals surface area contributed by atoms with Crippen molar-refractivity contribution in [3.63, 3.8) is 0 Å². The van der Waals surface area contributed by atoms with E-state index < -0.39 is 0 Å². The SMILES string of the molecule is CCNC(=NCC(C)C)NCCCNC(=O)c1occc1C.I. The first-order valence-electron chi connectivity index (χ1n) is 7.89. The van der Waals surface area contributed by atoms with E-state index in [1.807, 2.05) is 13.8 Å². The molecule has 0 aromatic carbocycles. The minimum Gasteiger partial charge on any atom is -0.459 e. The van der Waals surface area contributed by atoms with Gasteiger partial charge in [-0.1, -0.05) is 13.8 Å². The number of rotatable bonds is 8. The fraction of sp³-hybridized carbons (Fsp3) is 0.625. The zero-order valence-electron chi connectivity index (χ0n) is 14.4. The fourth-order valence-electron chi connectivity index (χ4n) is 1.80. The number of hydrogen-bond acceptors (Lipinski definition) is 3. The minimum atomic E-state index is -0.164. The predicted molar refractivity (Wildman–Crippen MR) is 105 cm³/mol. The largest absolute Gasteiger partial charge is 0.459 e. The van der Waals surface area contributed by atoms with Crippen molar-refractivity contribution in [2.24, 2.45) is 10.9 Å². The van der Waals surface area contributed by atoms with Gasteiger partial charge < -0.3 is 20.4 Å². The molecule has 0 aliphatic carbocycles. The highest BCUT2D eigenvalue weighted by Crippen LogP contribution is 2.07. The Morgan fingerprint density at radius 1 is 1.26 bits per heavy atom. The number of guanidine groups is 1. The van der Waals surface area contributed by atoms with Gasteiger partial charge in [-0.25, -0.2) is 0 Å². The number of nitrogens with one attached hydrogen (secondary N) is 3. The Morgan fingerprint density at radius 3 is 2.52 bits per heavy atom. The van der Waals surface area contributed by atoms with Crippen molar-refractivity contribution in [3.8, 4) is 0 Å². The molecule has 0 saturated heterocycles. The highest BCUT2D eigenvalue weighted by atomic mass is 127. The Labute approximate surface area is 155 Å². The van der Waals surface area contributed by atoms with Gasteiger partial charge in [-0.2, -0.15) is 0 Å². The van der Waals surface area contributed by atoms with Crippen LogP contribution in [0.25, 0.3) is 0 Å². The van der Waals surface area contributed by atoms with Crippen molar-refractivity contribution >= 4 is 35.8 Å². The molecule has 0 aliphatic heterocycles. The summed E-state index contributed by atoms with van der Waals surface area (Å²) in [6, 6.07) is 1.78. The van der Waals surface area contributed by atoms with Crippen LogP contribution in [0.1, 0.15) is 43.3 Å². The van der Waals surface area contributed by atoms with Crippen molar-refractivity contribution < 1.29 is 9.21 Å². The maximum absolute atomic E-state index is 11.8. The van der Waals surface area contributed by atoms with Crippen LogP contribution in [0.4, 0.5) is 0 Å². The lowest BCUT2D eigenvalue weighted by atomic mass is 10.2. The number of halogens is 1. The summed E-state index contributed by atoms with van der Waals surface area (Å²) in [5, 5.41) is 9.31. The summed E-state index contributed by atoms with van der Waals surface area (Å²) < 4.78 is 5.15. The summed E-state index contributed by atoms with van der Waals surface area (Å²) in [4.78, 5) is 16.3. The van der Waals surface area contributed by atoms with Gasteiger partial charge in [0.25, 0.3) is 5.91 Å². The average Bonchev–Trinajstić information content (AvgIpc) is 2.90. The first-order chi connectivity index (χ1) is 10.5. The summed E-state index contributed by atoms with van der Waals surface area (Å²) >= 11 is 0. The molecular formula is C16H29IN4O2. The third kappa shape index (κ3) is 8.83.